The Balaban J connectivity index is 0.00000176. The van der Waals surface area contributed by atoms with Crippen LogP contribution in [0.5, 0.6) is 0 Å². The molecule has 0 radical (unpaired) electrons. The summed E-state index contributed by atoms with van der Waals surface area (Å²) in [5, 5.41) is 11.2. The molecule has 7 nitrogen and oxygen atoms in total. The van der Waals surface area contributed by atoms with Gasteiger partial charge >= 0.3 is 0 Å². The lowest BCUT2D eigenvalue weighted by atomic mass is 10.1. The van der Waals surface area contributed by atoms with Gasteiger partial charge in [0.15, 0.2) is 0 Å². The summed E-state index contributed by atoms with van der Waals surface area (Å²) in [5.41, 5.74) is 2.39. The summed E-state index contributed by atoms with van der Waals surface area (Å²) in [6.07, 6.45) is 1.16. The molecular formula is C23H29FN4O3S. The van der Waals surface area contributed by atoms with Crippen LogP contribution in [0.4, 0.5) is 10.1 Å². The number of nitrogens with one attached hydrogen (secondary N) is 2. The second-order valence-electron chi connectivity index (χ2n) is 6.84. The van der Waals surface area contributed by atoms with Gasteiger partial charge in [-0.15, -0.1) is 0 Å². The van der Waals surface area contributed by atoms with Crippen molar-refractivity contribution in [1.29, 1.82) is 0 Å². The van der Waals surface area contributed by atoms with Gasteiger partial charge in [-0.05, 0) is 36.6 Å². The van der Waals surface area contributed by atoms with Crippen LogP contribution in [-0.4, -0.2) is 36.1 Å². The van der Waals surface area contributed by atoms with Crippen LogP contribution in [0.25, 0.3) is 0 Å². The minimum Gasteiger partial charge on any atom is -0.381 e. The molecule has 0 spiro atoms. The molecule has 0 saturated heterocycles. The quantitative estimate of drug-likeness (QED) is 0.391. The predicted octanol–water partition coefficient (Wildman–Crippen LogP) is 3.48. The van der Waals surface area contributed by atoms with Gasteiger partial charge in [0.2, 0.25) is 5.91 Å². The highest BCUT2D eigenvalue weighted by Crippen LogP contribution is 2.32. The smallest absolute Gasteiger partial charge is 0.255 e. The number of anilines is 1. The van der Waals surface area contributed by atoms with Crippen molar-refractivity contribution < 1.29 is 18.8 Å². The van der Waals surface area contributed by atoms with E-state index in [9.17, 15) is 18.8 Å². The summed E-state index contributed by atoms with van der Waals surface area (Å²) in [6, 6.07) is 9.54. The van der Waals surface area contributed by atoms with Crippen LogP contribution in [0.2, 0.25) is 0 Å². The van der Waals surface area contributed by atoms with Gasteiger partial charge in [0.25, 0.3) is 5.91 Å². The van der Waals surface area contributed by atoms with Crippen LogP contribution in [-0.2, 0) is 22.7 Å². The Morgan fingerprint density at radius 1 is 1.28 bits per heavy atom. The number of aldehydes is 1. The van der Waals surface area contributed by atoms with E-state index in [0.717, 1.165) is 23.8 Å². The minimum atomic E-state index is -0.733. The van der Waals surface area contributed by atoms with Crippen molar-refractivity contribution in [3.63, 3.8) is 0 Å². The number of nitrogens with zero attached hydrogens (tertiary/aromatic N) is 1. The van der Waals surface area contributed by atoms with Crippen LogP contribution in [0, 0.1) is 5.82 Å². The zero-order valence-electron chi connectivity index (χ0n) is 18.5. The molecule has 2 aromatic carbocycles. The van der Waals surface area contributed by atoms with Crippen LogP contribution in [0.15, 0.2) is 41.3 Å². The largest absolute Gasteiger partial charge is 0.381 e. The Hall–Kier alpha value is -2.91. The lowest BCUT2D eigenvalue weighted by Gasteiger charge is -2.25. The van der Waals surface area contributed by atoms with Crippen molar-refractivity contribution in [2.75, 3.05) is 12.4 Å². The Bertz CT molecular complexity index is 970. The van der Waals surface area contributed by atoms with E-state index in [-0.39, 0.29) is 43.6 Å². The van der Waals surface area contributed by atoms with Gasteiger partial charge in [-0.2, -0.15) is 0 Å². The molecule has 0 fully saturated rings. The average molecular weight is 461 g/mol. The van der Waals surface area contributed by atoms with Crippen molar-refractivity contribution in [2.45, 2.75) is 50.7 Å². The van der Waals surface area contributed by atoms with Crippen molar-refractivity contribution in [3.05, 3.63) is 58.9 Å². The van der Waals surface area contributed by atoms with Gasteiger partial charge < -0.3 is 20.3 Å². The third-order valence-corrected chi connectivity index (χ3v) is 5.69. The number of likely N-dealkylation sites (N-methyl/N-ethyl adjacent to an activating group) is 1. The fourth-order valence-corrected chi connectivity index (χ4v) is 3.96. The topological polar surface area (TPSA) is 105 Å². The standard InChI is InChI=1S/C21H23FN4O3S.C2H6/c1-24-20(28)17(8-4-10-27)26-12-15-14(21(26)29)6-3-7-16(15)25-11-13-5-2-9-18(30-23)19(13)22;1-2/h2-3,5-7,9-10,17,25H,4,8,11-12,23H2,1H3,(H,24,28);1-2H3. The normalized spacial score (nSPS) is 13.0. The number of amides is 2. The van der Waals surface area contributed by atoms with Gasteiger partial charge in [0.1, 0.15) is 18.1 Å². The molecule has 1 aliphatic rings. The molecule has 4 N–H and O–H groups in total. The van der Waals surface area contributed by atoms with Crippen LogP contribution >= 0.6 is 11.9 Å². The lowest BCUT2D eigenvalue weighted by molar-refractivity contribution is -0.125. The molecule has 2 amide bonds. The zero-order valence-corrected chi connectivity index (χ0v) is 19.3. The Kier molecular flexibility index (Phi) is 9.67. The summed E-state index contributed by atoms with van der Waals surface area (Å²) in [5.74, 6) is -0.956. The summed E-state index contributed by atoms with van der Waals surface area (Å²) >= 11 is 0.850. The van der Waals surface area contributed by atoms with Crippen molar-refractivity contribution >= 4 is 35.7 Å². The van der Waals surface area contributed by atoms with E-state index < -0.39 is 6.04 Å². The van der Waals surface area contributed by atoms with E-state index in [1.807, 2.05) is 19.9 Å². The van der Waals surface area contributed by atoms with Gasteiger partial charge in [-0.25, -0.2) is 4.39 Å². The molecule has 1 unspecified atom stereocenters. The van der Waals surface area contributed by atoms with Gasteiger partial charge in [-0.1, -0.05) is 32.0 Å². The average Bonchev–Trinajstić information content (AvgIpc) is 3.16. The van der Waals surface area contributed by atoms with Crippen molar-refractivity contribution in [3.8, 4) is 0 Å². The molecule has 0 saturated carbocycles. The highest BCUT2D eigenvalue weighted by Gasteiger charge is 2.36. The van der Waals surface area contributed by atoms with Crippen molar-refractivity contribution in [2.24, 2.45) is 5.14 Å². The third kappa shape index (κ3) is 5.46. The first kappa shape index (κ1) is 25.4. The first-order valence-corrected chi connectivity index (χ1v) is 11.4. The van der Waals surface area contributed by atoms with E-state index in [4.69, 9.17) is 5.14 Å². The molecule has 172 valence electrons. The molecule has 32 heavy (non-hydrogen) atoms. The monoisotopic (exact) mass is 460 g/mol. The molecule has 0 aromatic heterocycles. The number of carbonyl (C=O) groups excluding carboxylic acids is 3. The second kappa shape index (κ2) is 12.2. The first-order valence-electron chi connectivity index (χ1n) is 10.5. The van der Waals surface area contributed by atoms with Gasteiger partial charge in [-0.3, -0.25) is 14.7 Å². The van der Waals surface area contributed by atoms with Gasteiger partial charge in [0, 0.05) is 48.9 Å². The molecule has 1 heterocycles. The third-order valence-electron chi connectivity index (χ3n) is 5.12. The number of fused-ring (bicyclic) bond motifs is 1. The zero-order chi connectivity index (χ0) is 23.7. The number of carbonyl (C=O) groups is 3. The van der Waals surface area contributed by atoms with E-state index >= 15 is 0 Å². The SMILES string of the molecule is CC.CNC(=O)C(CCC=O)N1Cc2c(NCc3cccc(SN)c3F)cccc2C1=O. The Morgan fingerprint density at radius 2 is 2.00 bits per heavy atom. The number of hydrogen-bond acceptors (Lipinski definition) is 6. The molecular weight excluding hydrogens is 431 g/mol. The number of nitrogens with two attached hydrogens (primary N) is 1. The molecule has 3 rings (SSSR count). The van der Waals surface area contributed by atoms with E-state index in [0.29, 0.717) is 21.7 Å². The minimum absolute atomic E-state index is 0.179. The highest BCUT2D eigenvalue weighted by atomic mass is 32.2. The molecule has 2 aromatic rings. The van der Waals surface area contributed by atoms with Crippen molar-refractivity contribution in [1.82, 2.24) is 10.2 Å². The fourth-order valence-electron chi connectivity index (χ4n) is 3.57. The first-order chi connectivity index (χ1) is 15.5. The molecule has 0 aliphatic carbocycles. The summed E-state index contributed by atoms with van der Waals surface area (Å²) < 4.78 is 14.4. The number of hydrogen-bond donors (Lipinski definition) is 3. The van der Waals surface area contributed by atoms with Crippen LogP contribution < -0.4 is 15.8 Å². The van der Waals surface area contributed by atoms with Crippen LogP contribution in [0.3, 0.4) is 0 Å². The predicted molar refractivity (Wildman–Crippen MR) is 125 cm³/mol. The number of rotatable bonds is 9. The second-order valence-corrected chi connectivity index (χ2v) is 7.51. The summed E-state index contributed by atoms with van der Waals surface area (Å²) in [4.78, 5) is 37.9. The molecule has 1 aliphatic heterocycles. The maximum Gasteiger partial charge on any atom is 0.255 e. The van der Waals surface area contributed by atoms with E-state index in [1.54, 1.807) is 30.3 Å². The lowest BCUT2D eigenvalue weighted by Crippen LogP contribution is -2.46. The number of benzene rings is 2. The molecule has 9 heteroatoms. The van der Waals surface area contributed by atoms with E-state index in [2.05, 4.69) is 10.6 Å². The maximum absolute atomic E-state index is 14.4. The summed E-state index contributed by atoms with van der Waals surface area (Å²) in [7, 11) is 1.50. The van der Waals surface area contributed by atoms with E-state index in [1.165, 1.54) is 11.9 Å². The van der Waals surface area contributed by atoms with Gasteiger partial charge in [0.05, 0.1) is 4.90 Å². The molecule has 1 atom stereocenters. The fraction of sp³-hybridized carbons (Fsp3) is 0.348. The summed E-state index contributed by atoms with van der Waals surface area (Å²) in [6.45, 7) is 4.45. The Labute approximate surface area is 192 Å². The molecule has 0 bridgehead atoms. The number of halogens is 1. The van der Waals surface area contributed by atoms with Crippen LogP contribution in [0.1, 0.15) is 48.2 Å². The highest BCUT2D eigenvalue weighted by molar-refractivity contribution is 7.97. The Morgan fingerprint density at radius 3 is 2.66 bits per heavy atom. The maximum atomic E-state index is 14.4.